The van der Waals surface area contributed by atoms with Crippen LogP contribution in [0.25, 0.3) is 0 Å². The summed E-state index contributed by atoms with van der Waals surface area (Å²) in [6, 6.07) is 9.44. The van der Waals surface area contributed by atoms with Gasteiger partial charge in [-0.2, -0.15) is 0 Å². The Morgan fingerprint density at radius 1 is 1.38 bits per heavy atom. The third kappa shape index (κ3) is 4.37. The van der Waals surface area contributed by atoms with Gasteiger partial charge in [-0.1, -0.05) is 37.3 Å². The standard InChI is InChI=1S/C16H20N2O2S/c1-3-15-17-10-14(21-15)16(20)18-11(2)13(19)9-12-7-5-4-6-8-12/h4-8,10-11,13,19H,3,9H2,1-2H3,(H,18,20). The molecule has 2 aromatic rings. The maximum absolute atomic E-state index is 12.1. The van der Waals surface area contributed by atoms with E-state index in [1.54, 1.807) is 6.20 Å². The molecule has 0 fully saturated rings. The lowest BCUT2D eigenvalue weighted by atomic mass is 10.0. The van der Waals surface area contributed by atoms with E-state index in [1.807, 2.05) is 44.2 Å². The SMILES string of the molecule is CCc1ncc(C(=O)NC(C)C(O)Cc2ccccc2)s1. The summed E-state index contributed by atoms with van der Waals surface area (Å²) in [5.74, 6) is -0.174. The highest BCUT2D eigenvalue weighted by atomic mass is 32.1. The third-order valence-corrected chi connectivity index (χ3v) is 4.44. The number of rotatable bonds is 6. The van der Waals surface area contributed by atoms with E-state index >= 15 is 0 Å². The van der Waals surface area contributed by atoms with Crippen molar-refractivity contribution in [2.45, 2.75) is 38.8 Å². The fourth-order valence-corrected chi connectivity index (χ4v) is 2.75. The average molecular weight is 304 g/mol. The Bertz CT molecular complexity index is 583. The molecule has 1 heterocycles. The number of benzene rings is 1. The van der Waals surface area contributed by atoms with Gasteiger partial charge in [0, 0.05) is 6.42 Å². The summed E-state index contributed by atoms with van der Waals surface area (Å²) in [7, 11) is 0. The second-order valence-corrected chi connectivity index (χ2v) is 6.11. The molecule has 4 nitrogen and oxygen atoms in total. The molecule has 0 spiro atoms. The first-order valence-corrected chi connectivity index (χ1v) is 7.89. The molecule has 0 aliphatic carbocycles. The minimum absolute atomic E-state index is 0.174. The van der Waals surface area contributed by atoms with Crippen LogP contribution in [0.1, 0.15) is 34.1 Å². The monoisotopic (exact) mass is 304 g/mol. The number of thiazole rings is 1. The van der Waals surface area contributed by atoms with Crippen LogP contribution in [0, 0.1) is 0 Å². The molecule has 0 radical (unpaired) electrons. The molecule has 0 aliphatic rings. The van der Waals surface area contributed by atoms with Gasteiger partial charge in [0.2, 0.25) is 0 Å². The zero-order valence-corrected chi connectivity index (χ0v) is 13.1. The van der Waals surface area contributed by atoms with Crippen LogP contribution in [0.2, 0.25) is 0 Å². The maximum atomic E-state index is 12.1. The number of aliphatic hydroxyl groups is 1. The molecule has 2 unspecified atom stereocenters. The molecule has 1 aromatic heterocycles. The van der Waals surface area contributed by atoms with Crippen molar-refractivity contribution in [1.82, 2.24) is 10.3 Å². The van der Waals surface area contributed by atoms with Gasteiger partial charge in [0.05, 0.1) is 23.4 Å². The Morgan fingerprint density at radius 2 is 2.10 bits per heavy atom. The summed E-state index contributed by atoms with van der Waals surface area (Å²) in [6.07, 6.45) is 2.32. The molecule has 0 bridgehead atoms. The topological polar surface area (TPSA) is 62.2 Å². The van der Waals surface area contributed by atoms with E-state index in [4.69, 9.17) is 0 Å². The molecular formula is C16H20N2O2S. The predicted octanol–water partition coefficient (Wildman–Crippen LogP) is 2.43. The molecule has 112 valence electrons. The van der Waals surface area contributed by atoms with Gasteiger partial charge in [0.25, 0.3) is 5.91 Å². The molecule has 2 N–H and O–H groups in total. The minimum Gasteiger partial charge on any atom is -0.391 e. The number of amides is 1. The zero-order valence-electron chi connectivity index (χ0n) is 12.2. The molecule has 2 atom stereocenters. The molecule has 1 amide bonds. The van der Waals surface area contributed by atoms with Crippen LogP contribution < -0.4 is 5.32 Å². The van der Waals surface area contributed by atoms with Crippen LogP contribution in [-0.4, -0.2) is 28.1 Å². The van der Waals surface area contributed by atoms with Gasteiger partial charge in [-0.05, 0) is 18.9 Å². The maximum Gasteiger partial charge on any atom is 0.263 e. The predicted molar refractivity (Wildman–Crippen MR) is 84.6 cm³/mol. The van der Waals surface area contributed by atoms with Crippen molar-refractivity contribution in [3.63, 3.8) is 0 Å². The van der Waals surface area contributed by atoms with Crippen LogP contribution in [-0.2, 0) is 12.8 Å². The molecule has 0 saturated heterocycles. The van der Waals surface area contributed by atoms with Gasteiger partial charge >= 0.3 is 0 Å². The van der Waals surface area contributed by atoms with Gasteiger partial charge < -0.3 is 10.4 Å². The molecule has 21 heavy (non-hydrogen) atoms. The summed E-state index contributed by atoms with van der Waals surface area (Å²) < 4.78 is 0. The molecule has 0 saturated carbocycles. The van der Waals surface area contributed by atoms with E-state index in [9.17, 15) is 9.90 Å². The Hall–Kier alpha value is -1.72. The summed E-state index contributed by atoms with van der Waals surface area (Å²) in [5.41, 5.74) is 1.05. The minimum atomic E-state index is -0.616. The van der Waals surface area contributed by atoms with Crippen molar-refractivity contribution in [2.24, 2.45) is 0 Å². The molecule has 5 heteroatoms. The van der Waals surface area contributed by atoms with Crippen molar-refractivity contribution in [1.29, 1.82) is 0 Å². The number of nitrogens with zero attached hydrogens (tertiary/aromatic N) is 1. The van der Waals surface area contributed by atoms with Crippen molar-refractivity contribution in [3.8, 4) is 0 Å². The molecular weight excluding hydrogens is 284 g/mol. The molecule has 2 rings (SSSR count). The number of carbonyl (C=O) groups excluding carboxylic acids is 1. The van der Waals surface area contributed by atoms with E-state index < -0.39 is 6.10 Å². The van der Waals surface area contributed by atoms with Crippen LogP contribution in [0.4, 0.5) is 0 Å². The van der Waals surface area contributed by atoms with Gasteiger partial charge in [0.15, 0.2) is 0 Å². The average Bonchev–Trinajstić information content (AvgIpc) is 2.97. The van der Waals surface area contributed by atoms with Crippen LogP contribution in [0.3, 0.4) is 0 Å². The second-order valence-electron chi connectivity index (χ2n) is 4.99. The Labute approximate surface area is 128 Å². The lowest BCUT2D eigenvalue weighted by Crippen LogP contribution is -2.41. The largest absolute Gasteiger partial charge is 0.391 e. The lowest BCUT2D eigenvalue weighted by Gasteiger charge is -2.20. The molecule has 0 aliphatic heterocycles. The van der Waals surface area contributed by atoms with Crippen LogP contribution >= 0.6 is 11.3 Å². The fourth-order valence-electron chi connectivity index (χ4n) is 1.99. The van der Waals surface area contributed by atoms with Gasteiger partial charge in [-0.15, -0.1) is 11.3 Å². The normalized spacial score (nSPS) is 13.7. The van der Waals surface area contributed by atoms with Crippen molar-refractivity contribution in [3.05, 3.63) is 52.0 Å². The quantitative estimate of drug-likeness (QED) is 0.861. The number of hydrogen-bond donors (Lipinski definition) is 2. The van der Waals surface area contributed by atoms with Crippen molar-refractivity contribution in [2.75, 3.05) is 0 Å². The second kappa shape index (κ2) is 7.33. The highest BCUT2D eigenvalue weighted by molar-refractivity contribution is 7.13. The summed E-state index contributed by atoms with van der Waals surface area (Å²) in [5, 5.41) is 14.0. The van der Waals surface area contributed by atoms with E-state index in [0.29, 0.717) is 11.3 Å². The Balaban J connectivity index is 1.91. The Kier molecular flexibility index (Phi) is 5.47. The van der Waals surface area contributed by atoms with Crippen molar-refractivity contribution >= 4 is 17.2 Å². The van der Waals surface area contributed by atoms with Crippen molar-refractivity contribution < 1.29 is 9.90 Å². The number of nitrogens with one attached hydrogen (secondary N) is 1. The first kappa shape index (κ1) is 15.7. The third-order valence-electron chi connectivity index (χ3n) is 3.30. The van der Waals surface area contributed by atoms with Gasteiger partial charge in [-0.3, -0.25) is 4.79 Å². The van der Waals surface area contributed by atoms with E-state index in [2.05, 4.69) is 10.3 Å². The zero-order chi connectivity index (χ0) is 15.2. The summed E-state index contributed by atoms with van der Waals surface area (Å²) in [6.45, 7) is 3.82. The number of aliphatic hydroxyl groups excluding tert-OH is 1. The number of carbonyl (C=O) groups is 1. The van der Waals surface area contributed by atoms with E-state index in [1.165, 1.54) is 11.3 Å². The van der Waals surface area contributed by atoms with Gasteiger partial charge in [-0.25, -0.2) is 4.98 Å². The number of aryl methyl sites for hydroxylation is 1. The van der Waals surface area contributed by atoms with E-state index in [0.717, 1.165) is 17.0 Å². The fraction of sp³-hybridized carbons (Fsp3) is 0.375. The summed E-state index contributed by atoms with van der Waals surface area (Å²) in [4.78, 5) is 16.8. The van der Waals surface area contributed by atoms with Crippen LogP contribution in [0.15, 0.2) is 36.5 Å². The summed E-state index contributed by atoms with van der Waals surface area (Å²) >= 11 is 1.39. The van der Waals surface area contributed by atoms with E-state index in [-0.39, 0.29) is 11.9 Å². The lowest BCUT2D eigenvalue weighted by molar-refractivity contribution is 0.0855. The number of hydrogen-bond acceptors (Lipinski definition) is 4. The highest BCUT2D eigenvalue weighted by Crippen LogP contribution is 2.14. The first-order chi connectivity index (χ1) is 10.1. The first-order valence-electron chi connectivity index (χ1n) is 7.07. The number of aromatic nitrogens is 1. The Morgan fingerprint density at radius 3 is 2.71 bits per heavy atom. The highest BCUT2D eigenvalue weighted by Gasteiger charge is 2.19. The molecule has 1 aromatic carbocycles. The van der Waals surface area contributed by atoms with Gasteiger partial charge in [0.1, 0.15) is 4.88 Å². The van der Waals surface area contributed by atoms with Crippen LogP contribution in [0.5, 0.6) is 0 Å². The smallest absolute Gasteiger partial charge is 0.263 e.